The third kappa shape index (κ3) is 3.90. The maximum absolute atomic E-state index is 12.8. The topological polar surface area (TPSA) is 74.8 Å². The molecule has 1 aromatic carbocycles. The maximum atomic E-state index is 12.8. The number of aryl methyl sites for hydroxylation is 1. The van der Waals surface area contributed by atoms with Crippen molar-refractivity contribution in [2.24, 2.45) is 0 Å². The van der Waals surface area contributed by atoms with Crippen LogP contribution in [0.4, 0.5) is 16.3 Å². The van der Waals surface area contributed by atoms with Crippen molar-refractivity contribution in [1.29, 1.82) is 0 Å². The normalized spacial score (nSPS) is 17.1. The van der Waals surface area contributed by atoms with Gasteiger partial charge in [0.05, 0.1) is 19.0 Å². The Morgan fingerprint density at radius 2 is 1.97 bits per heavy atom. The van der Waals surface area contributed by atoms with Gasteiger partial charge in [0.1, 0.15) is 11.6 Å². The number of benzene rings is 1. The van der Waals surface area contributed by atoms with Crippen molar-refractivity contribution in [2.75, 3.05) is 30.4 Å². The first-order valence-corrected chi connectivity index (χ1v) is 10.1. The molecular formula is C22H26N4O3. The highest BCUT2D eigenvalue weighted by Crippen LogP contribution is 2.28. The average molecular weight is 394 g/mol. The number of anilines is 2. The SMILES string of the molecule is COc1ccc(C(=O)Nc2ccc(N3CCN(C4CCCC4)C3=O)nc2)c(C)c1. The lowest BCUT2D eigenvalue weighted by atomic mass is 10.1. The predicted molar refractivity (Wildman–Crippen MR) is 112 cm³/mol. The van der Waals surface area contributed by atoms with Crippen LogP contribution in [0.15, 0.2) is 36.5 Å². The number of nitrogens with zero attached hydrogens (tertiary/aromatic N) is 3. The standard InChI is InChI=1S/C22H26N4O3/c1-15-13-18(29-2)8-9-19(15)21(27)24-16-7-10-20(23-14-16)26-12-11-25(22(26)28)17-5-3-4-6-17/h7-10,13-14,17H,3-6,11-12H2,1-2H3,(H,24,27). The molecule has 1 aliphatic carbocycles. The first-order chi connectivity index (χ1) is 14.1. The second kappa shape index (κ2) is 8.11. The highest BCUT2D eigenvalue weighted by molar-refractivity contribution is 6.05. The smallest absolute Gasteiger partial charge is 0.326 e. The fourth-order valence-corrected chi connectivity index (χ4v) is 4.16. The Morgan fingerprint density at radius 1 is 1.17 bits per heavy atom. The molecule has 3 amide bonds. The summed E-state index contributed by atoms with van der Waals surface area (Å²) in [5.74, 6) is 1.13. The van der Waals surface area contributed by atoms with Gasteiger partial charge < -0.3 is 15.0 Å². The van der Waals surface area contributed by atoms with Crippen LogP contribution in [0.5, 0.6) is 5.75 Å². The third-order valence-corrected chi connectivity index (χ3v) is 5.77. The largest absolute Gasteiger partial charge is 0.497 e. The first-order valence-electron chi connectivity index (χ1n) is 10.1. The molecule has 7 heteroatoms. The zero-order valence-corrected chi connectivity index (χ0v) is 16.9. The number of nitrogens with one attached hydrogen (secondary N) is 1. The number of aromatic nitrogens is 1. The summed E-state index contributed by atoms with van der Waals surface area (Å²) in [6.07, 6.45) is 6.20. The van der Waals surface area contributed by atoms with Gasteiger partial charge in [0.2, 0.25) is 0 Å². The highest BCUT2D eigenvalue weighted by atomic mass is 16.5. The van der Waals surface area contributed by atoms with Gasteiger partial charge in [-0.2, -0.15) is 0 Å². The zero-order chi connectivity index (χ0) is 20.4. The van der Waals surface area contributed by atoms with E-state index in [4.69, 9.17) is 4.74 Å². The maximum Gasteiger partial charge on any atom is 0.326 e. The summed E-state index contributed by atoms with van der Waals surface area (Å²) in [6.45, 7) is 3.27. The number of rotatable bonds is 5. The van der Waals surface area contributed by atoms with E-state index in [0.29, 0.717) is 35.4 Å². The van der Waals surface area contributed by atoms with Gasteiger partial charge in [-0.1, -0.05) is 12.8 Å². The summed E-state index contributed by atoms with van der Waals surface area (Å²) in [5.41, 5.74) is 2.01. The second-order valence-corrected chi connectivity index (χ2v) is 7.61. The molecule has 1 saturated carbocycles. The quantitative estimate of drug-likeness (QED) is 0.836. The first kappa shape index (κ1) is 19.2. The molecule has 1 aromatic heterocycles. The number of hydrogen-bond acceptors (Lipinski definition) is 4. The van der Waals surface area contributed by atoms with Gasteiger partial charge in [-0.05, 0) is 55.7 Å². The van der Waals surface area contributed by atoms with Crippen LogP contribution in [0.25, 0.3) is 0 Å². The Morgan fingerprint density at radius 3 is 2.62 bits per heavy atom. The molecule has 0 bridgehead atoms. The number of urea groups is 1. The molecule has 0 atom stereocenters. The van der Waals surface area contributed by atoms with Crippen LogP contribution in [0.1, 0.15) is 41.6 Å². The van der Waals surface area contributed by atoms with E-state index in [-0.39, 0.29) is 11.9 Å². The predicted octanol–water partition coefficient (Wildman–Crippen LogP) is 3.84. The van der Waals surface area contributed by atoms with E-state index in [1.807, 2.05) is 17.9 Å². The van der Waals surface area contributed by atoms with Gasteiger partial charge in [-0.3, -0.25) is 9.69 Å². The van der Waals surface area contributed by atoms with Crippen LogP contribution in [-0.2, 0) is 0 Å². The Kier molecular flexibility index (Phi) is 5.38. The fraction of sp³-hybridized carbons (Fsp3) is 0.409. The molecule has 7 nitrogen and oxygen atoms in total. The zero-order valence-electron chi connectivity index (χ0n) is 16.9. The Balaban J connectivity index is 1.42. The minimum Gasteiger partial charge on any atom is -0.497 e. The molecule has 2 heterocycles. The van der Waals surface area contributed by atoms with Crippen LogP contribution in [0.2, 0.25) is 0 Å². The summed E-state index contributed by atoms with van der Waals surface area (Å²) < 4.78 is 5.18. The summed E-state index contributed by atoms with van der Waals surface area (Å²) in [7, 11) is 1.60. The van der Waals surface area contributed by atoms with Gasteiger partial charge in [0.25, 0.3) is 5.91 Å². The van der Waals surface area contributed by atoms with Gasteiger partial charge in [0, 0.05) is 24.7 Å². The van der Waals surface area contributed by atoms with Crippen LogP contribution in [-0.4, -0.2) is 48.1 Å². The Bertz CT molecular complexity index is 907. The van der Waals surface area contributed by atoms with Gasteiger partial charge in [0.15, 0.2) is 0 Å². The molecule has 0 spiro atoms. The van der Waals surface area contributed by atoms with Crippen LogP contribution in [0.3, 0.4) is 0 Å². The van der Waals surface area contributed by atoms with Crippen molar-refractivity contribution >= 4 is 23.4 Å². The number of carbonyl (C=O) groups is 2. The number of methoxy groups -OCH3 is 1. The summed E-state index contributed by atoms with van der Waals surface area (Å²) in [6, 6.07) is 9.31. The lowest BCUT2D eigenvalue weighted by Crippen LogP contribution is -2.38. The van der Waals surface area contributed by atoms with Crippen molar-refractivity contribution in [2.45, 2.75) is 38.6 Å². The van der Waals surface area contributed by atoms with E-state index < -0.39 is 0 Å². The lowest BCUT2D eigenvalue weighted by molar-refractivity contribution is 0.102. The van der Waals surface area contributed by atoms with Gasteiger partial charge in [-0.15, -0.1) is 0 Å². The van der Waals surface area contributed by atoms with E-state index in [0.717, 1.165) is 24.9 Å². The highest BCUT2D eigenvalue weighted by Gasteiger charge is 2.36. The average Bonchev–Trinajstić information content (AvgIpc) is 3.38. The van der Waals surface area contributed by atoms with Gasteiger partial charge in [-0.25, -0.2) is 9.78 Å². The lowest BCUT2D eigenvalue weighted by Gasteiger charge is -2.23. The second-order valence-electron chi connectivity index (χ2n) is 7.61. The molecule has 4 rings (SSSR count). The van der Waals surface area contributed by atoms with Crippen molar-refractivity contribution in [3.05, 3.63) is 47.7 Å². The molecule has 1 aliphatic heterocycles. The molecule has 2 aromatic rings. The van der Waals surface area contributed by atoms with Gasteiger partial charge >= 0.3 is 6.03 Å². The minimum absolute atomic E-state index is 0.0371. The molecule has 1 saturated heterocycles. The minimum atomic E-state index is -0.204. The van der Waals surface area contributed by atoms with E-state index in [1.54, 1.807) is 42.5 Å². The molecule has 0 radical (unpaired) electrons. The molecular weight excluding hydrogens is 368 g/mol. The number of hydrogen-bond donors (Lipinski definition) is 1. The number of pyridine rings is 1. The summed E-state index contributed by atoms with van der Waals surface area (Å²) in [5, 5.41) is 2.86. The van der Waals surface area contributed by atoms with Crippen molar-refractivity contribution < 1.29 is 14.3 Å². The fourth-order valence-electron chi connectivity index (χ4n) is 4.16. The van der Waals surface area contributed by atoms with Crippen LogP contribution in [0, 0.1) is 6.92 Å². The Hall–Kier alpha value is -3.09. The van der Waals surface area contributed by atoms with E-state index in [2.05, 4.69) is 10.3 Å². The monoisotopic (exact) mass is 394 g/mol. The summed E-state index contributed by atoms with van der Waals surface area (Å²) >= 11 is 0. The van der Waals surface area contributed by atoms with E-state index in [9.17, 15) is 9.59 Å². The third-order valence-electron chi connectivity index (χ3n) is 5.77. The van der Waals surface area contributed by atoms with Crippen LogP contribution >= 0.6 is 0 Å². The van der Waals surface area contributed by atoms with Crippen molar-refractivity contribution in [3.63, 3.8) is 0 Å². The molecule has 2 fully saturated rings. The van der Waals surface area contributed by atoms with Crippen molar-refractivity contribution in [3.8, 4) is 5.75 Å². The van der Waals surface area contributed by atoms with Crippen LogP contribution < -0.4 is 15.0 Å². The molecule has 0 unspecified atom stereocenters. The van der Waals surface area contributed by atoms with E-state index in [1.165, 1.54) is 12.8 Å². The molecule has 152 valence electrons. The Labute approximate surface area is 170 Å². The van der Waals surface area contributed by atoms with Crippen molar-refractivity contribution in [1.82, 2.24) is 9.88 Å². The number of amides is 3. The van der Waals surface area contributed by atoms with E-state index >= 15 is 0 Å². The number of carbonyl (C=O) groups excluding carboxylic acids is 2. The molecule has 29 heavy (non-hydrogen) atoms. The molecule has 2 aliphatic rings. The number of ether oxygens (including phenoxy) is 1. The summed E-state index contributed by atoms with van der Waals surface area (Å²) in [4.78, 5) is 33.4. The molecule has 1 N–H and O–H groups in total.